The number of ether oxygens (including phenoxy) is 1. The van der Waals surface area contributed by atoms with Gasteiger partial charge in [-0.05, 0) is 31.6 Å². The standard InChI is InChI=1S/C14H29NO/c1-4-11-9-7-8-10-12(11)14(15)13(5-2)16-6-3/h11-14H,4-10,15H2,1-3H3. The van der Waals surface area contributed by atoms with Crippen molar-refractivity contribution >= 4 is 0 Å². The van der Waals surface area contributed by atoms with Crippen molar-refractivity contribution in [2.24, 2.45) is 17.6 Å². The molecule has 0 spiro atoms. The van der Waals surface area contributed by atoms with E-state index < -0.39 is 0 Å². The SMILES string of the molecule is CCOC(CC)C(N)C1CCCCC1CC. The second kappa shape index (κ2) is 7.29. The van der Waals surface area contributed by atoms with E-state index in [1.54, 1.807) is 0 Å². The lowest BCUT2D eigenvalue weighted by Crippen LogP contribution is -2.46. The van der Waals surface area contributed by atoms with Crippen molar-refractivity contribution in [1.29, 1.82) is 0 Å². The molecular weight excluding hydrogens is 198 g/mol. The summed E-state index contributed by atoms with van der Waals surface area (Å²) in [5.74, 6) is 1.52. The van der Waals surface area contributed by atoms with Gasteiger partial charge in [0, 0.05) is 12.6 Å². The summed E-state index contributed by atoms with van der Waals surface area (Å²) in [4.78, 5) is 0. The van der Waals surface area contributed by atoms with E-state index >= 15 is 0 Å². The second-order valence-corrected chi connectivity index (χ2v) is 5.10. The summed E-state index contributed by atoms with van der Waals surface area (Å²) in [7, 11) is 0. The average molecular weight is 227 g/mol. The molecule has 0 bridgehead atoms. The van der Waals surface area contributed by atoms with Crippen LogP contribution in [0.5, 0.6) is 0 Å². The Kier molecular flexibility index (Phi) is 6.37. The predicted molar refractivity (Wildman–Crippen MR) is 69.4 cm³/mol. The maximum Gasteiger partial charge on any atom is 0.0725 e. The minimum Gasteiger partial charge on any atom is -0.377 e. The molecule has 0 aromatic heterocycles. The van der Waals surface area contributed by atoms with Crippen LogP contribution in [0, 0.1) is 11.8 Å². The molecule has 16 heavy (non-hydrogen) atoms. The molecule has 0 amide bonds. The summed E-state index contributed by atoms with van der Waals surface area (Å²) < 4.78 is 5.77. The monoisotopic (exact) mass is 227 g/mol. The van der Waals surface area contributed by atoms with Crippen LogP contribution in [0.3, 0.4) is 0 Å². The fourth-order valence-electron chi connectivity index (χ4n) is 3.24. The van der Waals surface area contributed by atoms with E-state index in [0.29, 0.717) is 5.92 Å². The van der Waals surface area contributed by atoms with Crippen LogP contribution in [0.15, 0.2) is 0 Å². The molecule has 4 atom stereocenters. The van der Waals surface area contributed by atoms with Crippen molar-refractivity contribution < 1.29 is 4.74 Å². The van der Waals surface area contributed by atoms with Gasteiger partial charge in [-0.25, -0.2) is 0 Å². The smallest absolute Gasteiger partial charge is 0.0725 e. The van der Waals surface area contributed by atoms with Crippen molar-refractivity contribution in [2.45, 2.75) is 71.4 Å². The third-order valence-electron chi connectivity index (χ3n) is 4.20. The Hall–Kier alpha value is -0.0800. The van der Waals surface area contributed by atoms with Gasteiger partial charge in [0.2, 0.25) is 0 Å². The highest BCUT2D eigenvalue weighted by molar-refractivity contribution is 4.87. The molecule has 1 saturated carbocycles. The maximum atomic E-state index is 6.43. The summed E-state index contributed by atoms with van der Waals surface area (Å²) in [6, 6.07) is 0.246. The first-order valence-corrected chi connectivity index (χ1v) is 7.11. The van der Waals surface area contributed by atoms with Gasteiger partial charge >= 0.3 is 0 Å². The van der Waals surface area contributed by atoms with Crippen LogP contribution in [0.25, 0.3) is 0 Å². The van der Waals surface area contributed by atoms with Gasteiger partial charge in [0.25, 0.3) is 0 Å². The van der Waals surface area contributed by atoms with Crippen molar-refractivity contribution in [3.63, 3.8) is 0 Å². The molecule has 2 nitrogen and oxygen atoms in total. The molecular formula is C14H29NO. The Morgan fingerprint density at radius 2 is 1.88 bits per heavy atom. The second-order valence-electron chi connectivity index (χ2n) is 5.10. The molecule has 96 valence electrons. The van der Waals surface area contributed by atoms with E-state index in [1.807, 2.05) is 0 Å². The van der Waals surface area contributed by atoms with Crippen LogP contribution in [0.2, 0.25) is 0 Å². The van der Waals surface area contributed by atoms with Gasteiger partial charge in [0.15, 0.2) is 0 Å². The highest BCUT2D eigenvalue weighted by Gasteiger charge is 2.32. The van der Waals surface area contributed by atoms with Crippen LogP contribution in [-0.2, 0) is 4.74 Å². The van der Waals surface area contributed by atoms with E-state index in [9.17, 15) is 0 Å². The van der Waals surface area contributed by atoms with Crippen LogP contribution in [0.4, 0.5) is 0 Å². The van der Waals surface area contributed by atoms with Crippen LogP contribution in [0.1, 0.15) is 59.3 Å². The van der Waals surface area contributed by atoms with Gasteiger partial charge in [-0.15, -0.1) is 0 Å². The Bertz CT molecular complexity index is 184. The number of rotatable bonds is 6. The molecule has 2 N–H and O–H groups in total. The molecule has 1 fully saturated rings. The zero-order valence-corrected chi connectivity index (χ0v) is 11.2. The van der Waals surface area contributed by atoms with Gasteiger partial charge in [-0.1, -0.05) is 39.5 Å². The van der Waals surface area contributed by atoms with Crippen molar-refractivity contribution in [2.75, 3.05) is 6.61 Å². The predicted octanol–water partition coefficient (Wildman–Crippen LogP) is 3.35. The first-order chi connectivity index (χ1) is 7.74. The molecule has 1 rings (SSSR count). The molecule has 0 heterocycles. The minimum atomic E-state index is 0.246. The Morgan fingerprint density at radius 3 is 2.44 bits per heavy atom. The van der Waals surface area contributed by atoms with Gasteiger partial charge in [-0.3, -0.25) is 0 Å². The van der Waals surface area contributed by atoms with Crippen LogP contribution < -0.4 is 5.73 Å². The van der Waals surface area contributed by atoms with Crippen LogP contribution >= 0.6 is 0 Å². The fraction of sp³-hybridized carbons (Fsp3) is 1.00. The summed E-state index contributed by atoms with van der Waals surface area (Å²) in [6.07, 6.45) is 8.02. The molecule has 1 aliphatic carbocycles. The molecule has 1 aliphatic rings. The highest BCUT2D eigenvalue weighted by atomic mass is 16.5. The summed E-state index contributed by atoms with van der Waals surface area (Å²) in [6.45, 7) is 7.34. The number of hydrogen-bond donors (Lipinski definition) is 1. The van der Waals surface area contributed by atoms with Gasteiger partial charge < -0.3 is 10.5 Å². The van der Waals surface area contributed by atoms with Crippen LogP contribution in [-0.4, -0.2) is 18.8 Å². The molecule has 0 saturated heterocycles. The van der Waals surface area contributed by atoms with E-state index in [-0.39, 0.29) is 12.1 Å². The number of hydrogen-bond acceptors (Lipinski definition) is 2. The van der Waals surface area contributed by atoms with E-state index in [2.05, 4.69) is 20.8 Å². The maximum absolute atomic E-state index is 6.43. The molecule has 0 radical (unpaired) electrons. The van der Waals surface area contributed by atoms with Gasteiger partial charge in [0.1, 0.15) is 0 Å². The van der Waals surface area contributed by atoms with E-state index in [1.165, 1.54) is 32.1 Å². The van der Waals surface area contributed by atoms with E-state index in [0.717, 1.165) is 18.9 Å². The quantitative estimate of drug-likeness (QED) is 0.755. The van der Waals surface area contributed by atoms with Gasteiger partial charge in [0.05, 0.1) is 6.10 Å². The largest absolute Gasteiger partial charge is 0.377 e. The lowest BCUT2D eigenvalue weighted by molar-refractivity contribution is 0.00990. The van der Waals surface area contributed by atoms with Crippen molar-refractivity contribution in [3.8, 4) is 0 Å². The zero-order chi connectivity index (χ0) is 12.0. The third-order valence-corrected chi connectivity index (χ3v) is 4.20. The Labute approximate surface area is 101 Å². The highest BCUT2D eigenvalue weighted by Crippen LogP contribution is 2.35. The fourth-order valence-corrected chi connectivity index (χ4v) is 3.24. The Morgan fingerprint density at radius 1 is 1.19 bits per heavy atom. The summed E-state index contributed by atoms with van der Waals surface area (Å²) in [5.41, 5.74) is 6.43. The lowest BCUT2D eigenvalue weighted by atomic mass is 9.72. The molecule has 0 aromatic carbocycles. The topological polar surface area (TPSA) is 35.2 Å². The zero-order valence-electron chi connectivity index (χ0n) is 11.2. The van der Waals surface area contributed by atoms with E-state index in [4.69, 9.17) is 10.5 Å². The first-order valence-electron chi connectivity index (χ1n) is 7.11. The molecule has 2 heteroatoms. The van der Waals surface area contributed by atoms with Crippen molar-refractivity contribution in [1.82, 2.24) is 0 Å². The third kappa shape index (κ3) is 3.46. The molecule has 0 aromatic rings. The van der Waals surface area contributed by atoms with Crippen molar-refractivity contribution in [3.05, 3.63) is 0 Å². The lowest BCUT2D eigenvalue weighted by Gasteiger charge is -2.38. The molecule has 0 aliphatic heterocycles. The van der Waals surface area contributed by atoms with Gasteiger partial charge in [-0.2, -0.15) is 0 Å². The molecule has 4 unspecified atom stereocenters. The number of nitrogens with two attached hydrogens (primary N) is 1. The first kappa shape index (κ1) is 14.0. The normalized spacial score (nSPS) is 30.0. The Balaban J connectivity index is 2.57. The minimum absolute atomic E-state index is 0.246. The average Bonchev–Trinajstić information content (AvgIpc) is 2.35. The summed E-state index contributed by atoms with van der Waals surface area (Å²) in [5, 5.41) is 0. The summed E-state index contributed by atoms with van der Waals surface area (Å²) >= 11 is 0.